The molecule has 0 saturated heterocycles. The lowest BCUT2D eigenvalue weighted by atomic mass is 10.2. The van der Waals surface area contributed by atoms with E-state index in [1.807, 2.05) is 18.2 Å². The van der Waals surface area contributed by atoms with Gasteiger partial charge in [-0.15, -0.1) is 0 Å². The van der Waals surface area contributed by atoms with Crippen LogP contribution in [0.1, 0.15) is 5.56 Å². The van der Waals surface area contributed by atoms with Gasteiger partial charge in [0.05, 0.1) is 6.54 Å². The highest BCUT2D eigenvalue weighted by Crippen LogP contribution is 2.17. The minimum absolute atomic E-state index is 0.0291. The second-order valence-corrected chi connectivity index (χ2v) is 4.63. The van der Waals surface area contributed by atoms with Gasteiger partial charge in [0, 0.05) is 29.6 Å². The number of nitrogen functional groups attached to an aromatic ring is 1. The summed E-state index contributed by atoms with van der Waals surface area (Å²) in [6.45, 7) is 0.531. The highest BCUT2D eigenvalue weighted by molar-refractivity contribution is 9.10. The molecule has 2 aromatic rings. The third-order valence-electron chi connectivity index (χ3n) is 2.35. The number of nitrogens with two attached hydrogens (primary N) is 1. The number of hydrogen-bond acceptors (Lipinski definition) is 2. The minimum atomic E-state index is -0.0291. The molecule has 2 rings (SSSR count). The van der Waals surface area contributed by atoms with Gasteiger partial charge >= 0.3 is 5.69 Å². The molecule has 4 nitrogen and oxygen atoms in total. The van der Waals surface area contributed by atoms with Crippen molar-refractivity contribution in [1.29, 1.82) is 0 Å². The van der Waals surface area contributed by atoms with Crippen LogP contribution < -0.4 is 11.4 Å². The summed E-state index contributed by atoms with van der Waals surface area (Å²) in [6.07, 6.45) is 3.50. The molecule has 1 heterocycles. The molecule has 5 heteroatoms. The maximum absolute atomic E-state index is 11.6. The van der Waals surface area contributed by atoms with Gasteiger partial charge in [-0.05, 0) is 23.8 Å². The summed E-state index contributed by atoms with van der Waals surface area (Å²) in [4.78, 5) is 11.6. The van der Waals surface area contributed by atoms with Crippen molar-refractivity contribution < 1.29 is 0 Å². The molecule has 1 aromatic heterocycles. The number of imidazole rings is 1. The van der Waals surface area contributed by atoms with Gasteiger partial charge in [-0.25, -0.2) is 4.79 Å². The van der Waals surface area contributed by atoms with Gasteiger partial charge in [0.25, 0.3) is 0 Å². The van der Waals surface area contributed by atoms with Crippen LogP contribution in [0, 0.1) is 0 Å². The molecule has 16 heavy (non-hydrogen) atoms. The van der Waals surface area contributed by atoms with E-state index in [1.54, 1.807) is 28.6 Å². The fourth-order valence-corrected chi connectivity index (χ4v) is 2.15. The first-order valence-corrected chi connectivity index (χ1v) is 5.62. The number of anilines is 1. The second-order valence-electron chi connectivity index (χ2n) is 3.71. The highest BCUT2D eigenvalue weighted by atomic mass is 79.9. The Morgan fingerprint density at radius 1 is 1.31 bits per heavy atom. The van der Waals surface area contributed by atoms with Gasteiger partial charge < -0.3 is 10.3 Å². The lowest BCUT2D eigenvalue weighted by Gasteiger charge is -2.04. The molecule has 0 radical (unpaired) electrons. The van der Waals surface area contributed by atoms with Crippen LogP contribution in [0.5, 0.6) is 0 Å². The maximum atomic E-state index is 11.6. The minimum Gasteiger partial charge on any atom is -0.399 e. The summed E-state index contributed by atoms with van der Waals surface area (Å²) in [6, 6.07) is 5.65. The van der Waals surface area contributed by atoms with Gasteiger partial charge in [0.2, 0.25) is 0 Å². The summed E-state index contributed by atoms with van der Waals surface area (Å²) >= 11 is 3.38. The van der Waals surface area contributed by atoms with Crippen molar-refractivity contribution in [3.05, 3.63) is 51.1 Å². The topological polar surface area (TPSA) is 52.9 Å². The molecular formula is C11H12BrN3O. The Bertz CT molecular complexity index is 551. The van der Waals surface area contributed by atoms with E-state index in [1.165, 1.54) is 0 Å². The zero-order valence-electron chi connectivity index (χ0n) is 8.85. The van der Waals surface area contributed by atoms with Crippen LogP contribution in [0.15, 0.2) is 39.9 Å². The normalized spacial score (nSPS) is 10.6. The van der Waals surface area contributed by atoms with E-state index in [4.69, 9.17) is 5.73 Å². The second kappa shape index (κ2) is 4.17. The fourth-order valence-electron chi connectivity index (χ4n) is 1.59. The number of halogens is 1. The van der Waals surface area contributed by atoms with E-state index < -0.39 is 0 Å². The largest absolute Gasteiger partial charge is 0.399 e. The molecule has 0 unspecified atom stereocenters. The number of aryl methyl sites for hydroxylation is 1. The predicted molar refractivity (Wildman–Crippen MR) is 67.3 cm³/mol. The van der Waals surface area contributed by atoms with Crippen molar-refractivity contribution in [1.82, 2.24) is 9.13 Å². The summed E-state index contributed by atoms with van der Waals surface area (Å²) in [7, 11) is 1.73. The Morgan fingerprint density at radius 2 is 2.06 bits per heavy atom. The average molecular weight is 282 g/mol. The number of hydrogen-bond donors (Lipinski definition) is 1. The van der Waals surface area contributed by atoms with E-state index >= 15 is 0 Å². The molecule has 0 atom stereocenters. The molecule has 0 fully saturated rings. The van der Waals surface area contributed by atoms with Crippen molar-refractivity contribution in [3.8, 4) is 0 Å². The van der Waals surface area contributed by atoms with E-state index in [2.05, 4.69) is 15.9 Å². The Morgan fingerprint density at radius 3 is 2.62 bits per heavy atom. The molecule has 0 amide bonds. The number of rotatable bonds is 2. The van der Waals surface area contributed by atoms with Crippen molar-refractivity contribution in [2.45, 2.75) is 6.54 Å². The smallest absolute Gasteiger partial charge is 0.328 e. The lowest BCUT2D eigenvalue weighted by Crippen LogP contribution is -2.22. The zero-order chi connectivity index (χ0) is 11.7. The summed E-state index contributed by atoms with van der Waals surface area (Å²) in [5, 5.41) is 0. The van der Waals surface area contributed by atoms with Crippen molar-refractivity contribution in [2.75, 3.05) is 5.73 Å². The molecule has 1 aromatic carbocycles. The van der Waals surface area contributed by atoms with E-state index in [-0.39, 0.29) is 5.69 Å². The van der Waals surface area contributed by atoms with Crippen LogP contribution in [0.4, 0.5) is 5.69 Å². The molecule has 2 N–H and O–H groups in total. The van der Waals surface area contributed by atoms with Gasteiger partial charge in [-0.3, -0.25) is 4.57 Å². The van der Waals surface area contributed by atoms with Gasteiger partial charge in [0.15, 0.2) is 0 Å². The lowest BCUT2D eigenvalue weighted by molar-refractivity contribution is 0.718. The number of benzene rings is 1. The van der Waals surface area contributed by atoms with Crippen molar-refractivity contribution in [3.63, 3.8) is 0 Å². The van der Waals surface area contributed by atoms with Crippen LogP contribution in [-0.2, 0) is 13.6 Å². The first kappa shape index (κ1) is 11.0. The number of nitrogens with zero attached hydrogens (tertiary/aromatic N) is 2. The van der Waals surface area contributed by atoms with Crippen LogP contribution in [-0.4, -0.2) is 9.13 Å². The van der Waals surface area contributed by atoms with Crippen molar-refractivity contribution >= 4 is 21.6 Å². The highest BCUT2D eigenvalue weighted by Gasteiger charge is 2.02. The summed E-state index contributed by atoms with van der Waals surface area (Å²) < 4.78 is 4.11. The van der Waals surface area contributed by atoms with E-state index in [0.29, 0.717) is 12.2 Å². The first-order valence-electron chi connectivity index (χ1n) is 4.83. The Balaban J connectivity index is 2.34. The Labute approximate surface area is 101 Å². The maximum Gasteiger partial charge on any atom is 0.328 e. The van der Waals surface area contributed by atoms with Crippen LogP contribution in [0.3, 0.4) is 0 Å². The van der Waals surface area contributed by atoms with E-state index in [0.717, 1.165) is 10.0 Å². The standard InChI is InChI=1S/C11H12BrN3O/c1-14-2-3-15(11(14)16)7-8-4-9(12)6-10(13)5-8/h2-6H,7,13H2,1H3. The molecule has 0 bridgehead atoms. The average Bonchev–Trinajstić information content (AvgIpc) is 2.48. The zero-order valence-corrected chi connectivity index (χ0v) is 10.4. The Kier molecular flexibility index (Phi) is 2.87. The third kappa shape index (κ3) is 2.19. The van der Waals surface area contributed by atoms with Crippen molar-refractivity contribution in [2.24, 2.45) is 7.05 Å². The number of aromatic nitrogens is 2. The fraction of sp³-hybridized carbons (Fsp3) is 0.182. The molecule has 84 valence electrons. The third-order valence-corrected chi connectivity index (χ3v) is 2.81. The molecular weight excluding hydrogens is 270 g/mol. The molecule has 0 aliphatic rings. The molecule has 0 aliphatic carbocycles. The van der Waals surface area contributed by atoms with Crippen LogP contribution in [0.25, 0.3) is 0 Å². The van der Waals surface area contributed by atoms with Gasteiger partial charge in [-0.2, -0.15) is 0 Å². The van der Waals surface area contributed by atoms with E-state index in [9.17, 15) is 4.79 Å². The summed E-state index contributed by atoms with van der Waals surface area (Å²) in [5.41, 5.74) is 7.39. The van der Waals surface area contributed by atoms with Crippen LogP contribution >= 0.6 is 15.9 Å². The summed E-state index contributed by atoms with van der Waals surface area (Å²) in [5.74, 6) is 0. The van der Waals surface area contributed by atoms with Gasteiger partial charge in [0.1, 0.15) is 0 Å². The molecule has 0 aliphatic heterocycles. The Hall–Kier alpha value is -1.49. The molecule has 0 saturated carbocycles. The van der Waals surface area contributed by atoms with Gasteiger partial charge in [-0.1, -0.05) is 15.9 Å². The van der Waals surface area contributed by atoms with Crippen LogP contribution in [0.2, 0.25) is 0 Å². The first-order chi connectivity index (χ1) is 7.56. The monoisotopic (exact) mass is 281 g/mol. The quantitative estimate of drug-likeness (QED) is 0.850. The SMILES string of the molecule is Cn1ccn(Cc2cc(N)cc(Br)c2)c1=O. The molecule has 0 spiro atoms. The predicted octanol–water partition coefficient (Wildman–Crippen LogP) is 1.58.